The van der Waals surface area contributed by atoms with Crippen LogP contribution in [0.5, 0.6) is 11.5 Å². The molecule has 0 aliphatic rings. The predicted molar refractivity (Wildman–Crippen MR) is 199 cm³/mol. The van der Waals surface area contributed by atoms with Gasteiger partial charge >= 0.3 is 0 Å². The number of hydrogen-bond donors (Lipinski definition) is 2. The fraction of sp³-hybridized carbons (Fsp3) is 0.400. The van der Waals surface area contributed by atoms with Crippen molar-refractivity contribution < 1.29 is 10.2 Å². The highest BCUT2D eigenvalue weighted by molar-refractivity contribution is 9.10. The van der Waals surface area contributed by atoms with Crippen molar-refractivity contribution in [2.45, 2.75) is 106 Å². The van der Waals surface area contributed by atoms with E-state index < -0.39 is 0 Å². The molecule has 4 aromatic rings. The van der Waals surface area contributed by atoms with E-state index in [1.807, 2.05) is 12.3 Å². The molecule has 4 aromatic carbocycles. The van der Waals surface area contributed by atoms with E-state index in [0.29, 0.717) is 0 Å². The summed E-state index contributed by atoms with van der Waals surface area (Å²) in [5, 5.41) is 20.8. The summed E-state index contributed by atoms with van der Waals surface area (Å²) in [7, 11) is 0. The summed E-state index contributed by atoms with van der Waals surface area (Å²) in [6, 6.07) is 20.4. The van der Waals surface area contributed by atoms with E-state index in [4.69, 9.17) is 9.98 Å². The molecule has 0 spiro atoms. The molecule has 4 nitrogen and oxygen atoms in total. The van der Waals surface area contributed by atoms with Gasteiger partial charge in [-0.15, -0.1) is 0 Å². The molecule has 0 heterocycles. The monoisotopic (exact) mass is 670 g/mol. The second-order valence-corrected chi connectivity index (χ2v) is 12.4. The van der Waals surface area contributed by atoms with E-state index in [1.54, 1.807) is 12.1 Å². The van der Waals surface area contributed by atoms with Gasteiger partial charge in [0.1, 0.15) is 0 Å². The van der Waals surface area contributed by atoms with Crippen LogP contribution < -0.4 is 0 Å². The molecular formula is C40H51BrN2O2. The second kappa shape index (κ2) is 18.5. The van der Waals surface area contributed by atoms with Crippen molar-refractivity contribution in [3.63, 3.8) is 0 Å². The van der Waals surface area contributed by atoms with Gasteiger partial charge in [-0.05, 0) is 138 Å². The number of aliphatic imine (C=N–C) groups is 2. The molecule has 0 bridgehead atoms. The molecule has 0 radical (unpaired) electrons. The summed E-state index contributed by atoms with van der Waals surface area (Å²) in [5.41, 5.74) is 10.0. The third kappa shape index (κ3) is 10.6. The number of phenols is 2. The van der Waals surface area contributed by atoms with Crippen LogP contribution in [0.3, 0.4) is 0 Å². The summed E-state index contributed by atoms with van der Waals surface area (Å²) in [4.78, 5) is 9.70. The minimum atomic E-state index is -0.0780. The van der Waals surface area contributed by atoms with E-state index in [1.165, 1.54) is 27.8 Å². The van der Waals surface area contributed by atoms with Gasteiger partial charge in [0.2, 0.25) is 0 Å². The Kier molecular flexibility index (Phi) is 14.8. The molecule has 240 valence electrons. The molecule has 0 aromatic heterocycles. The molecule has 0 aliphatic heterocycles. The lowest BCUT2D eigenvalue weighted by Gasteiger charge is -2.08. The number of hydrogen-bond acceptors (Lipinski definition) is 4. The highest BCUT2D eigenvalue weighted by Gasteiger charge is 2.07. The normalized spacial score (nSPS) is 11.7. The van der Waals surface area contributed by atoms with Crippen molar-refractivity contribution in [2.24, 2.45) is 9.98 Å². The van der Waals surface area contributed by atoms with Crippen molar-refractivity contribution in [1.29, 1.82) is 0 Å². The molecule has 0 amide bonds. The fourth-order valence-electron chi connectivity index (χ4n) is 5.45. The maximum atomic E-state index is 9.49. The third-order valence-corrected chi connectivity index (χ3v) is 8.96. The van der Waals surface area contributed by atoms with Gasteiger partial charge in [0, 0.05) is 10.7 Å². The van der Waals surface area contributed by atoms with Crippen molar-refractivity contribution in [3.8, 4) is 11.5 Å². The van der Waals surface area contributed by atoms with Crippen LogP contribution in [0.25, 0.3) is 10.8 Å². The molecular weight excluding hydrogens is 620 g/mol. The Morgan fingerprint density at radius 1 is 0.622 bits per heavy atom. The fourth-order valence-corrected chi connectivity index (χ4v) is 6.01. The van der Waals surface area contributed by atoms with Crippen molar-refractivity contribution >= 4 is 50.0 Å². The quantitative estimate of drug-likeness (QED) is 0.110. The summed E-state index contributed by atoms with van der Waals surface area (Å²) in [6.45, 7) is 13.2. The van der Waals surface area contributed by atoms with Crippen molar-refractivity contribution in [1.82, 2.24) is 0 Å². The zero-order valence-corrected chi connectivity index (χ0v) is 29.7. The van der Waals surface area contributed by atoms with Gasteiger partial charge in [0.15, 0.2) is 11.5 Å². The molecule has 0 saturated heterocycles. The van der Waals surface area contributed by atoms with Gasteiger partial charge in [-0.25, -0.2) is 0 Å². The van der Waals surface area contributed by atoms with Crippen LogP contribution in [0.2, 0.25) is 0 Å². The van der Waals surface area contributed by atoms with Crippen molar-refractivity contribution in [3.05, 3.63) is 93.0 Å². The second-order valence-electron chi connectivity index (χ2n) is 11.5. The number of benzene rings is 4. The third-order valence-electron chi connectivity index (χ3n) is 8.22. The number of unbranched alkanes of at least 4 members (excludes halogenated alkanes) is 2. The van der Waals surface area contributed by atoms with Gasteiger partial charge in [-0.1, -0.05) is 82.4 Å². The Labute approximate surface area is 279 Å². The first-order valence-corrected chi connectivity index (χ1v) is 17.5. The minimum absolute atomic E-state index is 0.0683. The Bertz CT molecular complexity index is 1610. The molecule has 5 heteroatoms. The van der Waals surface area contributed by atoms with Gasteiger partial charge < -0.3 is 10.2 Å². The van der Waals surface area contributed by atoms with E-state index in [2.05, 4.69) is 99.9 Å². The number of halogens is 1. The number of aryl methyl sites for hydroxylation is 5. The summed E-state index contributed by atoms with van der Waals surface area (Å²) in [5.74, 6) is -0.146. The van der Waals surface area contributed by atoms with Gasteiger partial charge in [0.05, 0.1) is 17.1 Å². The van der Waals surface area contributed by atoms with Gasteiger partial charge in [0.25, 0.3) is 0 Å². The Hall–Kier alpha value is -3.44. The molecule has 0 fully saturated rings. The number of nitrogens with zero attached hydrogens (tertiary/aromatic N) is 2. The first-order valence-electron chi connectivity index (χ1n) is 16.8. The maximum absolute atomic E-state index is 9.49. The van der Waals surface area contributed by atoms with Crippen LogP contribution in [0.15, 0.2) is 75.1 Å². The molecule has 0 aliphatic carbocycles. The first-order chi connectivity index (χ1) is 21.8. The van der Waals surface area contributed by atoms with Crippen molar-refractivity contribution in [2.75, 3.05) is 0 Å². The highest BCUT2D eigenvalue weighted by Crippen LogP contribution is 2.33. The Morgan fingerprint density at radius 2 is 1.16 bits per heavy atom. The summed E-state index contributed by atoms with van der Waals surface area (Å²) >= 11 is 3.55. The number of aromatic hydroxyl groups is 2. The molecule has 0 saturated carbocycles. The number of fused-ring (bicyclic) bond motifs is 1. The molecule has 2 N–H and O–H groups in total. The summed E-state index contributed by atoms with van der Waals surface area (Å²) < 4.78 is 1.06. The predicted octanol–water partition coefficient (Wildman–Crippen LogP) is 12.0. The van der Waals surface area contributed by atoms with Crippen LogP contribution in [0.1, 0.15) is 101 Å². The molecule has 45 heavy (non-hydrogen) atoms. The van der Waals surface area contributed by atoms with Crippen LogP contribution in [-0.4, -0.2) is 22.1 Å². The van der Waals surface area contributed by atoms with E-state index in [-0.39, 0.29) is 11.5 Å². The summed E-state index contributed by atoms with van der Waals surface area (Å²) in [6.07, 6.45) is 12.8. The Balaban J connectivity index is 0.000000276. The smallest absolute Gasteiger partial charge is 0.158 e. The lowest BCUT2D eigenvalue weighted by atomic mass is 10.0. The average Bonchev–Trinajstić information content (AvgIpc) is 3.05. The molecule has 0 unspecified atom stereocenters. The van der Waals surface area contributed by atoms with Crippen LogP contribution in [0, 0.1) is 0 Å². The van der Waals surface area contributed by atoms with E-state index in [9.17, 15) is 10.2 Å². The van der Waals surface area contributed by atoms with E-state index in [0.717, 1.165) is 96.5 Å². The largest absolute Gasteiger partial charge is 0.504 e. The average molecular weight is 672 g/mol. The standard InChI is InChI=1S/C26H36N2.C14H15BrO2/c1-6-11-12-26(28-25-16-14-21(8-3)23(10-5)18-25)19-27-24-15-13-20(7-2)22(9-4)17-24;1-2-3-4-9-5-10-7-13(16)14(17)8-11(10)6-12(9)15/h13-19H,6-12H2,1-5H3;5-8,16-17H,2-4H2,1H3. The van der Waals surface area contributed by atoms with Crippen LogP contribution in [0.4, 0.5) is 11.4 Å². The van der Waals surface area contributed by atoms with Crippen LogP contribution >= 0.6 is 15.9 Å². The van der Waals surface area contributed by atoms with Crippen LogP contribution in [-0.2, 0) is 32.1 Å². The Morgan fingerprint density at radius 3 is 1.71 bits per heavy atom. The SMILES string of the molecule is CCCCC(C=Nc1ccc(CC)c(CC)c1)=Nc1ccc(CC)c(CC)c1.CCCCc1cc2cc(O)c(O)cc2cc1Br. The zero-order chi connectivity index (χ0) is 32.8. The lowest BCUT2D eigenvalue weighted by molar-refractivity contribution is 0.405. The first kappa shape index (κ1) is 36.0. The number of phenolic OH excluding ortho intramolecular Hbond substituents is 2. The lowest BCUT2D eigenvalue weighted by Crippen LogP contribution is -2.00. The molecule has 0 atom stereocenters. The highest BCUT2D eigenvalue weighted by atomic mass is 79.9. The zero-order valence-electron chi connectivity index (χ0n) is 28.1. The van der Waals surface area contributed by atoms with E-state index >= 15 is 0 Å². The van der Waals surface area contributed by atoms with Gasteiger partial charge in [-0.2, -0.15) is 0 Å². The maximum Gasteiger partial charge on any atom is 0.158 e. The topological polar surface area (TPSA) is 65.2 Å². The molecule has 4 rings (SSSR count). The minimum Gasteiger partial charge on any atom is -0.504 e. The number of rotatable bonds is 13. The van der Waals surface area contributed by atoms with Gasteiger partial charge in [-0.3, -0.25) is 9.98 Å².